The third kappa shape index (κ3) is 6.94. The van der Waals surface area contributed by atoms with Crippen LogP contribution >= 0.6 is 11.6 Å². The third-order valence-corrected chi connectivity index (χ3v) is 6.68. The van der Waals surface area contributed by atoms with E-state index in [2.05, 4.69) is 30.7 Å². The highest BCUT2D eigenvalue weighted by atomic mass is 35.5. The van der Waals surface area contributed by atoms with E-state index in [1.807, 2.05) is 18.2 Å². The van der Waals surface area contributed by atoms with Gasteiger partial charge in [-0.05, 0) is 48.2 Å². The van der Waals surface area contributed by atoms with Crippen LogP contribution in [0.2, 0.25) is 5.02 Å². The van der Waals surface area contributed by atoms with Crippen LogP contribution in [0.1, 0.15) is 21.5 Å². The summed E-state index contributed by atoms with van der Waals surface area (Å²) in [4.78, 5) is 22.5. The molecule has 3 N–H and O–H groups in total. The number of nitrogens with zero attached hydrogens (tertiary/aromatic N) is 3. The molecule has 0 fully saturated rings. The second kappa shape index (κ2) is 12.1. The van der Waals surface area contributed by atoms with Crippen LogP contribution < -0.4 is 16.0 Å². The van der Waals surface area contributed by atoms with Crippen LogP contribution in [0.4, 0.5) is 40.7 Å². The first-order chi connectivity index (χ1) is 18.6. The Morgan fingerprint density at radius 3 is 2.59 bits per heavy atom. The zero-order valence-electron chi connectivity index (χ0n) is 21.2. The van der Waals surface area contributed by atoms with Gasteiger partial charge in [-0.1, -0.05) is 23.7 Å². The van der Waals surface area contributed by atoms with Crippen molar-refractivity contribution in [2.24, 2.45) is 0 Å². The first kappa shape index (κ1) is 28.5. The lowest BCUT2D eigenvalue weighted by Gasteiger charge is -2.26. The van der Waals surface area contributed by atoms with E-state index < -0.39 is 24.0 Å². The summed E-state index contributed by atoms with van der Waals surface area (Å²) < 4.78 is 58.7. The minimum Gasteiger partial charge on any atom is -0.371 e. The van der Waals surface area contributed by atoms with Crippen molar-refractivity contribution in [1.29, 1.82) is 0 Å². The van der Waals surface area contributed by atoms with Gasteiger partial charge < -0.3 is 20.7 Å². The molecule has 1 aliphatic heterocycles. The van der Waals surface area contributed by atoms with Gasteiger partial charge in [0.2, 0.25) is 5.95 Å². The largest absolute Gasteiger partial charge is 0.415 e. The molecule has 1 unspecified atom stereocenters. The number of para-hydroxylation sites is 1. The van der Waals surface area contributed by atoms with E-state index in [4.69, 9.17) is 11.6 Å². The number of ether oxygens (including phenoxy) is 1. The lowest BCUT2D eigenvalue weighted by molar-refractivity contribution is -0.216. The summed E-state index contributed by atoms with van der Waals surface area (Å²) in [5, 5.41) is 8.45. The Morgan fingerprint density at radius 1 is 1.15 bits per heavy atom. The fraction of sp³-hybridized carbons (Fsp3) is 0.346. The van der Waals surface area contributed by atoms with Crippen molar-refractivity contribution in [2.45, 2.75) is 25.1 Å². The Bertz CT molecular complexity index is 1340. The summed E-state index contributed by atoms with van der Waals surface area (Å²) in [6, 6.07) is 9.74. The number of amides is 1. The zero-order valence-corrected chi connectivity index (χ0v) is 22.0. The lowest BCUT2D eigenvalue weighted by atomic mass is 10.0. The zero-order chi connectivity index (χ0) is 28.2. The number of hydrogen-bond acceptors (Lipinski definition) is 7. The first-order valence-corrected chi connectivity index (χ1v) is 12.5. The number of carbonyl (C=O) groups excluding carboxylic acids is 1. The third-order valence-electron chi connectivity index (χ3n) is 6.40. The van der Waals surface area contributed by atoms with Crippen molar-refractivity contribution in [2.75, 3.05) is 44.4 Å². The molecule has 2 heterocycles. The van der Waals surface area contributed by atoms with Crippen LogP contribution in [-0.2, 0) is 17.6 Å². The number of alkyl halides is 3. The van der Waals surface area contributed by atoms with E-state index in [-0.39, 0.29) is 34.6 Å². The quantitative estimate of drug-likeness (QED) is 0.327. The Labute approximate surface area is 227 Å². The molecule has 0 bridgehead atoms. The SMILES string of the molecule is CNC(=O)c1cccc(F)c1Nc1nc(Nc2ccc3c(c2)CCN(CC(OC)C(F)(F)F)CC3)ncc1Cl. The summed E-state index contributed by atoms with van der Waals surface area (Å²) in [6.45, 7) is 0.713. The normalized spacial score (nSPS) is 14.7. The van der Waals surface area contributed by atoms with Crippen LogP contribution in [-0.4, -0.2) is 66.8 Å². The summed E-state index contributed by atoms with van der Waals surface area (Å²) in [5.41, 5.74) is 2.70. The molecular weight excluding hydrogens is 540 g/mol. The molecule has 1 aliphatic rings. The number of benzene rings is 2. The molecule has 2 aromatic carbocycles. The van der Waals surface area contributed by atoms with Crippen molar-refractivity contribution in [3.05, 3.63) is 70.1 Å². The maximum Gasteiger partial charge on any atom is 0.415 e. The van der Waals surface area contributed by atoms with Crippen molar-refractivity contribution >= 4 is 40.6 Å². The highest BCUT2D eigenvalue weighted by Gasteiger charge is 2.41. The second-order valence-corrected chi connectivity index (χ2v) is 9.34. The number of methoxy groups -OCH3 is 1. The molecule has 3 aromatic rings. The molecule has 208 valence electrons. The smallest absolute Gasteiger partial charge is 0.371 e. The van der Waals surface area contributed by atoms with Gasteiger partial charge in [-0.15, -0.1) is 0 Å². The molecule has 0 saturated heterocycles. The number of fused-ring (bicyclic) bond motifs is 1. The fourth-order valence-electron chi connectivity index (χ4n) is 4.32. The Morgan fingerprint density at radius 2 is 1.90 bits per heavy atom. The molecule has 8 nitrogen and oxygen atoms in total. The molecule has 13 heteroatoms. The molecule has 1 atom stereocenters. The van der Waals surface area contributed by atoms with Crippen molar-refractivity contribution in [3.63, 3.8) is 0 Å². The van der Waals surface area contributed by atoms with Crippen molar-refractivity contribution < 1.29 is 27.1 Å². The molecule has 1 amide bonds. The number of hydrogen-bond donors (Lipinski definition) is 3. The molecule has 4 rings (SSSR count). The molecule has 0 radical (unpaired) electrons. The Balaban J connectivity index is 1.49. The highest BCUT2D eigenvalue weighted by molar-refractivity contribution is 6.33. The van der Waals surface area contributed by atoms with Gasteiger partial charge in [0.15, 0.2) is 11.9 Å². The summed E-state index contributed by atoms with van der Waals surface area (Å²) in [6.07, 6.45) is -3.76. The van der Waals surface area contributed by atoms with E-state index >= 15 is 0 Å². The molecule has 1 aromatic heterocycles. The summed E-state index contributed by atoms with van der Waals surface area (Å²) in [5.74, 6) is -0.886. The first-order valence-electron chi connectivity index (χ1n) is 12.1. The minimum absolute atomic E-state index is 0.0773. The van der Waals surface area contributed by atoms with Crippen LogP contribution in [0.15, 0.2) is 42.6 Å². The molecule has 0 aliphatic carbocycles. The number of halogens is 5. The number of rotatable bonds is 8. The Kier molecular flexibility index (Phi) is 8.88. The van der Waals surface area contributed by atoms with Crippen LogP contribution in [0, 0.1) is 5.82 Å². The highest BCUT2D eigenvalue weighted by Crippen LogP contribution is 2.30. The average molecular weight is 567 g/mol. The van der Waals surface area contributed by atoms with Gasteiger partial charge in [-0.2, -0.15) is 18.2 Å². The molecule has 0 spiro atoms. The van der Waals surface area contributed by atoms with Gasteiger partial charge in [0.1, 0.15) is 10.8 Å². The average Bonchev–Trinajstić information content (AvgIpc) is 3.11. The monoisotopic (exact) mass is 566 g/mol. The van der Waals surface area contributed by atoms with E-state index in [1.54, 1.807) is 4.90 Å². The predicted octanol–water partition coefficient (Wildman–Crippen LogP) is 5.09. The van der Waals surface area contributed by atoms with E-state index in [0.717, 1.165) is 18.2 Å². The van der Waals surface area contributed by atoms with Crippen molar-refractivity contribution in [1.82, 2.24) is 20.2 Å². The molecule has 0 saturated carbocycles. The summed E-state index contributed by atoms with van der Waals surface area (Å²) >= 11 is 6.25. The fourth-order valence-corrected chi connectivity index (χ4v) is 4.45. The second-order valence-electron chi connectivity index (χ2n) is 8.93. The van der Waals surface area contributed by atoms with Gasteiger partial charge in [0.25, 0.3) is 5.91 Å². The van der Waals surface area contributed by atoms with Gasteiger partial charge >= 0.3 is 6.18 Å². The number of aromatic nitrogens is 2. The van der Waals surface area contributed by atoms with Crippen molar-refractivity contribution in [3.8, 4) is 0 Å². The van der Waals surface area contributed by atoms with E-state index in [9.17, 15) is 22.4 Å². The van der Waals surface area contributed by atoms with Crippen LogP contribution in [0.5, 0.6) is 0 Å². The van der Waals surface area contributed by atoms with Gasteiger partial charge in [0, 0.05) is 39.5 Å². The topological polar surface area (TPSA) is 91.4 Å². The minimum atomic E-state index is -4.42. The standard InChI is InChI=1S/C26H27ClF4N6O2/c1-32-24(38)18-4-3-5-20(28)22(18)35-23-19(27)13-33-25(36-23)34-17-7-6-15-8-10-37(11-9-16(15)12-17)14-21(39-2)26(29,30)31/h3-7,12-13,21H,8-11,14H2,1-2H3,(H,32,38)(H2,33,34,35,36). The summed E-state index contributed by atoms with van der Waals surface area (Å²) in [7, 11) is 2.51. The van der Waals surface area contributed by atoms with Gasteiger partial charge in [0.05, 0.1) is 17.4 Å². The number of carbonyl (C=O) groups is 1. The molecular formula is C26H27ClF4N6O2. The predicted molar refractivity (Wildman–Crippen MR) is 141 cm³/mol. The van der Waals surface area contributed by atoms with E-state index in [0.29, 0.717) is 31.6 Å². The number of anilines is 4. The lowest BCUT2D eigenvalue weighted by Crippen LogP contribution is -2.43. The molecule has 39 heavy (non-hydrogen) atoms. The van der Waals surface area contributed by atoms with Gasteiger partial charge in [-0.25, -0.2) is 9.37 Å². The van der Waals surface area contributed by atoms with E-state index in [1.165, 1.54) is 31.4 Å². The van der Waals surface area contributed by atoms with Crippen LogP contribution in [0.3, 0.4) is 0 Å². The maximum atomic E-state index is 14.6. The maximum absolute atomic E-state index is 14.6. The van der Waals surface area contributed by atoms with Gasteiger partial charge in [-0.3, -0.25) is 9.69 Å². The Hall–Kier alpha value is -3.48. The van der Waals surface area contributed by atoms with Crippen LogP contribution in [0.25, 0.3) is 0 Å². The number of nitrogens with one attached hydrogen (secondary N) is 3.